The molecule has 1 unspecified atom stereocenters. The average molecular weight is 336 g/mol. The van der Waals surface area contributed by atoms with Gasteiger partial charge in [0.05, 0.1) is 5.88 Å². The third kappa shape index (κ3) is 4.34. The van der Waals surface area contributed by atoms with Crippen LogP contribution in [-0.4, -0.2) is 52.4 Å². The topological polar surface area (TPSA) is 40.6 Å². The largest absolute Gasteiger partial charge is 0.342 e. The number of halogens is 1. The zero-order chi connectivity index (χ0) is 17.0. The summed E-state index contributed by atoms with van der Waals surface area (Å²) in [6, 6.07) is 5.69. The zero-order valence-corrected chi connectivity index (χ0v) is 14.3. The molecule has 1 heterocycles. The second kappa shape index (κ2) is 7.64. The summed E-state index contributed by atoms with van der Waals surface area (Å²) in [4.78, 5) is 28.1. The van der Waals surface area contributed by atoms with E-state index in [1.807, 2.05) is 13.8 Å². The first kappa shape index (κ1) is 17.5. The van der Waals surface area contributed by atoms with Crippen LogP contribution in [0.3, 0.4) is 0 Å². The van der Waals surface area contributed by atoms with Crippen LogP contribution >= 0.6 is 11.8 Å². The van der Waals surface area contributed by atoms with Gasteiger partial charge in [0.15, 0.2) is 0 Å². The van der Waals surface area contributed by atoms with Crippen LogP contribution in [0.1, 0.15) is 19.4 Å². The fourth-order valence-corrected chi connectivity index (χ4v) is 3.38. The smallest absolute Gasteiger partial charge is 0.247 e. The molecule has 0 bridgehead atoms. The maximum absolute atomic E-state index is 13.1. The van der Waals surface area contributed by atoms with Crippen LogP contribution < -0.4 is 0 Å². The molecular formula is C17H21FN2O2S. The van der Waals surface area contributed by atoms with Crippen molar-refractivity contribution in [3.63, 3.8) is 0 Å². The van der Waals surface area contributed by atoms with Crippen LogP contribution in [-0.2, 0) is 9.59 Å². The molecule has 6 heteroatoms. The van der Waals surface area contributed by atoms with Crippen molar-refractivity contribution in [3.8, 4) is 0 Å². The lowest BCUT2D eigenvalue weighted by atomic mass is 10.2. The highest BCUT2D eigenvalue weighted by Crippen LogP contribution is 2.23. The van der Waals surface area contributed by atoms with E-state index >= 15 is 0 Å². The van der Waals surface area contributed by atoms with Crippen molar-refractivity contribution < 1.29 is 14.0 Å². The van der Waals surface area contributed by atoms with Crippen LogP contribution in [0.4, 0.5) is 4.39 Å². The molecule has 1 saturated heterocycles. The molecule has 2 amide bonds. The number of carbonyl (C=O) groups is 2. The molecule has 124 valence electrons. The van der Waals surface area contributed by atoms with Crippen LogP contribution in [0.5, 0.6) is 0 Å². The van der Waals surface area contributed by atoms with Gasteiger partial charge in [-0.2, -0.15) is 0 Å². The fourth-order valence-electron chi connectivity index (χ4n) is 2.23. The maximum atomic E-state index is 13.1. The predicted molar refractivity (Wildman–Crippen MR) is 91.3 cm³/mol. The number of benzene rings is 1. The maximum Gasteiger partial charge on any atom is 0.247 e. The highest BCUT2D eigenvalue weighted by Gasteiger charge is 2.35. The average Bonchev–Trinajstić information content (AvgIpc) is 3.00. The Morgan fingerprint density at radius 1 is 1.43 bits per heavy atom. The molecule has 1 fully saturated rings. The van der Waals surface area contributed by atoms with Gasteiger partial charge < -0.3 is 9.80 Å². The third-order valence-corrected chi connectivity index (χ3v) is 4.85. The molecule has 1 aromatic carbocycles. The van der Waals surface area contributed by atoms with E-state index in [0.29, 0.717) is 17.2 Å². The van der Waals surface area contributed by atoms with Crippen LogP contribution in [0.25, 0.3) is 6.08 Å². The SMILES string of the molecule is CC(C)N(C)C(=O)C1CSCN1C(=O)/C=C/c1cccc(F)c1. The predicted octanol–water partition coefficient (Wildman–Crippen LogP) is 2.61. The molecule has 0 aliphatic carbocycles. The molecule has 1 aliphatic heterocycles. The molecule has 0 saturated carbocycles. The van der Waals surface area contributed by atoms with Crippen LogP contribution in [0.2, 0.25) is 0 Å². The number of likely N-dealkylation sites (N-methyl/N-ethyl adjacent to an activating group) is 1. The van der Waals surface area contributed by atoms with Gasteiger partial charge in [0.25, 0.3) is 0 Å². The van der Waals surface area contributed by atoms with E-state index in [-0.39, 0.29) is 23.7 Å². The molecule has 0 N–H and O–H groups in total. The summed E-state index contributed by atoms with van der Waals surface area (Å²) < 4.78 is 13.1. The van der Waals surface area contributed by atoms with Crippen molar-refractivity contribution in [3.05, 3.63) is 41.7 Å². The lowest BCUT2D eigenvalue weighted by Crippen LogP contribution is -2.49. The van der Waals surface area contributed by atoms with Crippen LogP contribution in [0.15, 0.2) is 30.3 Å². The minimum absolute atomic E-state index is 0.0440. The normalized spacial score (nSPS) is 18.0. The van der Waals surface area contributed by atoms with Gasteiger partial charge in [0.1, 0.15) is 11.9 Å². The van der Waals surface area contributed by atoms with Crippen LogP contribution in [0, 0.1) is 5.82 Å². The summed E-state index contributed by atoms with van der Waals surface area (Å²) in [5, 5.41) is 0. The van der Waals surface area contributed by atoms with E-state index in [2.05, 4.69) is 0 Å². The van der Waals surface area contributed by atoms with Gasteiger partial charge in [0.2, 0.25) is 11.8 Å². The standard InChI is InChI=1S/C17H21FN2O2S/c1-12(2)19(3)17(22)15-10-23-11-20(15)16(21)8-7-13-5-4-6-14(18)9-13/h4-9,12,15H,10-11H2,1-3H3/b8-7+. The van der Waals surface area contributed by atoms with Gasteiger partial charge in [-0.15, -0.1) is 11.8 Å². The van der Waals surface area contributed by atoms with Gasteiger partial charge in [-0.25, -0.2) is 4.39 Å². The molecule has 23 heavy (non-hydrogen) atoms. The Balaban J connectivity index is 2.07. The lowest BCUT2D eigenvalue weighted by Gasteiger charge is -2.29. The second-order valence-electron chi connectivity index (χ2n) is 5.75. The lowest BCUT2D eigenvalue weighted by molar-refractivity contribution is -0.141. The summed E-state index contributed by atoms with van der Waals surface area (Å²) in [5.74, 6) is 0.486. The Labute approximate surface area is 140 Å². The van der Waals surface area contributed by atoms with Crippen molar-refractivity contribution >= 4 is 29.7 Å². The van der Waals surface area contributed by atoms with E-state index < -0.39 is 6.04 Å². The van der Waals surface area contributed by atoms with E-state index in [4.69, 9.17) is 0 Å². The summed E-state index contributed by atoms with van der Waals surface area (Å²) in [6.45, 7) is 3.88. The Bertz CT molecular complexity index is 618. The Hall–Kier alpha value is -1.82. The summed E-state index contributed by atoms with van der Waals surface area (Å²) in [7, 11) is 1.75. The minimum atomic E-state index is -0.433. The van der Waals surface area contributed by atoms with E-state index in [0.717, 1.165) is 0 Å². The molecule has 1 aliphatic rings. The van der Waals surface area contributed by atoms with Crippen molar-refractivity contribution in [2.45, 2.75) is 25.9 Å². The van der Waals surface area contributed by atoms with Gasteiger partial charge >= 0.3 is 0 Å². The first-order valence-electron chi connectivity index (χ1n) is 7.49. The highest BCUT2D eigenvalue weighted by molar-refractivity contribution is 7.99. The third-order valence-electron chi connectivity index (χ3n) is 3.84. The zero-order valence-electron chi connectivity index (χ0n) is 13.5. The molecule has 4 nitrogen and oxygen atoms in total. The number of nitrogens with zero attached hydrogens (tertiary/aromatic N) is 2. The molecule has 1 atom stereocenters. The van der Waals surface area contributed by atoms with Gasteiger partial charge in [-0.05, 0) is 37.6 Å². The quantitative estimate of drug-likeness (QED) is 0.794. The number of thioether (sulfide) groups is 1. The Morgan fingerprint density at radius 3 is 2.83 bits per heavy atom. The van der Waals surface area contributed by atoms with E-state index in [9.17, 15) is 14.0 Å². The molecular weight excluding hydrogens is 315 g/mol. The molecule has 0 radical (unpaired) electrons. The van der Waals surface area contributed by atoms with Crippen molar-refractivity contribution in [2.24, 2.45) is 0 Å². The number of amides is 2. The first-order valence-corrected chi connectivity index (χ1v) is 8.64. The molecule has 1 aromatic rings. The van der Waals surface area contributed by atoms with Crippen molar-refractivity contribution in [1.82, 2.24) is 9.80 Å². The van der Waals surface area contributed by atoms with Gasteiger partial charge in [-0.3, -0.25) is 9.59 Å². The summed E-state index contributed by atoms with van der Waals surface area (Å²) in [5.41, 5.74) is 0.618. The van der Waals surface area contributed by atoms with Crippen molar-refractivity contribution in [2.75, 3.05) is 18.7 Å². The Morgan fingerprint density at radius 2 is 2.17 bits per heavy atom. The summed E-state index contributed by atoms with van der Waals surface area (Å²) in [6.07, 6.45) is 2.97. The van der Waals surface area contributed by atoms with Gasteiger partial charge in [0, 0.05) is 24.9 Å². The first-order chi connectivity index (χ1) is 10.9. The molecule has 2 rings (SSSR count). The number of hydrogen-bond donors (Lipinski definition) is 0. The van der Waals surface area contributed by atoms with E-state index in [1.54, 1.807) is 46.8 Å². The fraction of sp³-hybridized carbons (Fsp3) is 0.412. The molecule has 0 aromatic heterocycles. The van der Waals surface area contributed by atoms with E-state index in [1.165, 1.54) is 18.2 Å². The Kier molecular flexibility index (Phi) is 5.82. The van der Waals surface area contributed by atoms with Crippen molar-refractivity contribution in [1.29, 1.82) is 0 Å². The van der Waals surface area contributed by atoms with Gasteiger partial charge in [-0.1, -0.05) is 12.1 Å². The highest BCUT2D eigenvalue weighted by atomic mass is 32.2. The monoisotopic (exact) mass is 336 g/mol. The number of rotatable bonds is 4. The minimum Gasteiger partial charge on any atom is -0.342 e. The molecule has 0 spiro atoms. The second-order valence-corrected chi connectivity index (χ2v) is 6.75. The number of carbonyl (C=O) groups excluding carboxylic acids is 2. The number of hydrogen-bond acceptors (Lipinski definition) is 3. The summed E-state index contributed by atoms with van der Waals surface area (Å²) >= 11 is 1.56.